The van der Waals surface area contributed by atoms with Gasteiger partial charge in [-0.05, 0) is 12.5 Å². The van der Waals surface area contributed by atoms with Gasteiger partial charge in [-0.1, -0.05) is 0 Å². The van der Waals surface area contributed by atoms with Gasteiger partial charge in [0.05, 0.1) is 12.0 Å². The summed E-state index contributed by atoms with van der Waals surface area (Å²) in [6.45, 7) is 1.70. The average Bonchev–Trinajstić information content (AvgIpc) is 2.29. The summed E-state index contributed by atoms with van der Waals surface area (Å²) >= 11 is 0. The lowest BCUT2D eigenvalue weighted by Gasteiger charge is -2.08. The fraction of sp³-hybridized carbons (Fsp3) is 0.400. The Balaban J connectivity index is 2.98. The van der Waals surface area contributed by atoms with Crippen molar-refractivity contribution in [1.82, 2.24) is 4.98 Å². The molecule has 1 heterocycles. The van der Waals surface area contributed by atoms with E-state index in [1.807, 2.05) is 0 Å². The van der Waals surface area contributed by atoms with Gasteiger partial charge in [-0.25, -0.2) is 0 Å². The Morgan fingerprint density at radius 1 is 1.71 bits per heavy atom. The van der Waals surface area contributed by atoms with E-state index in [0.717, 1.165) is 0 Å². The van der Waals surface area contributed by atoms with Crippen LogP contribution in [0.3, 0.4) is 0 Å². The Bertz CT molecular complexity index is 447. The van der Waals surface area contributed by atoms with E-state index >= 15 is 0 Å². The van der Waals surface area contributed by atoms with E-state index < -0.39 is 16.9 Å². The molecule has 1 aromatic rings. The van der Waals surface area contributed by atoms with Crippen molar-refractivity contribution in [3.63, 3.8) is 0 Å². The zero-order valence-corrected chi connectivity index (χ0v) is 9.54. The topological polar surface area (TPSA) is 108 Å². The number of hydrogen-bond acceptors (Lipinski definition) is 6. The van der Waals surface area contributed by atoms with Crippen LogP contribution in [-0.4, -0.2) is 29.0 Å². The molecule has 2 N–H and O–H groups in total. The van der Waals surface area contributed by atoms with E-state index in [-0.39, 0.29) is 17.8 Å². The normalized spacial score (nSPS) is 11.9. The number of methoxy groups -OCH3 is 1. The highest BCUT2D eigenvalue weighted by Gasteiger charge is 2.22. The van der Waals surface area contributed by atoms with Crippen LogP contribution in [0.2, 0.25) is 0 Å². The molecule has 0 saturated heterocycles. The first kappa shape index (κ1) is 13.0. The molecular formula is C10H13N3O4. The number of nitro groups is 1. The van der Waals surface area contributed by atoms with Gasteiger partial charge in [0.15, 0.2) is 0 Å². The zero-order valence-electron chi connectivity index (χ0n) is 9.54. The fourth-order valence-electron chi connectivity index (χ4n) is 1.34. The molecule has 0 aliphatic heterocycles. The number of rotatable bonds is 4. The van der Waals surface area contributed by atoms with Crippen molar-refractivity contribution in [1.29, 1.82) is 0 Å². The monoisotopic (exact) mass is 239 g/mol. The van der Waals surface area contributed by atoms with Gasteiger partial charge < -0.3 is 10.5 Å². The van der Waals surface area contributed by atoms with Crippen molar-refractivity contribution in [2.75, 3.05) is 7.11 Å². The molecule has 0 unspecified atom stereocenters. The number of ether oxygens (including phenoxy) is 1. The second-order valence-electron chi connectivity index (χ2n) is 3.57. The summed E-state index contributed by atoms with van der Waals surface area (Å²) in [4.78, 5) is 25.3. The number of aromatic nitrogens is 1. The summed E-state index contributed by atoms with van der Waals surface area (Å²) in [5.41, 5.74) is 6.25. The third-order valence-electron chi connectivity index (χ3n) is 2.20. The van der Waals surface area contributed by atoms with Crippen LogP contribution >= 0.6 is 0 Å². The molecule has 7 heteroatoms. The first-order valence-corrected chi connectivity index (χ1v) is 4.89. The molecule has 1 atom stereocenters. The maximum Gasteiger partial charge on any atom is 0.323 e. The van der Waals surface area contributed by atoms with Crippen LogP contribution in [0.1, 0.15) is 11.3 Å². The summed E-state index contributed by atoms with van der Waals surface area (Å²) < 4.78 is 4.45. The first-order valence-electron chi connectivity index (χ1n) is 4.89. The summed E-state index contributed by atoms with van der Waals surface area (Å²) in [6.07, 6.45) is 1.47. The number of carbonyl (C=O) groups excluding carboxylic acids is 1. The molecule has 0 bridgehead atoms. The lowest BCUT2D eigenvalue weighted by atomic mass is 10.1. The standard InChI is InChI=1S/C10H13N3O4/c1-6-3-9(13(15)16)8(12-5-6)4-7(11)10(14)17-2/h3,5,7H,4,11H2,1-2H3/t7-/m1/s1. The van der Waals surface area contributed by atoms with Crippen LogP contribution in [0.4, 0.5) is 5.69 Å². The third-order valence-corrected chi connectivity index (χ3v) is 2.20. The van der Waals surface area contributed by atoms with E-state index in [4.69, 9.17) is 5.73 Å². The number of esters is 1. The molecule has 17 heavy (non-hydrogen) atoms. The van der Waals surface area contributed by atoms with Crippen LogP contribution in [0.25, 0.3) is 0 Å². The molecule has 92 valence electrons. The third kappa shape index (κ3) is 3.22. The van der Waals surface area contributed by atoms with Crippen LogP contribution in [0, 0.1) is 17.0 Å². The number of hydrogen-bond donors (Lipinski definition) is 1. The Morgan fingerprint density at radius 2 is 2.35 bits per heavy atom. The second kappa shape index (κ2) is 5.35. The molecule has 1 rings (SSSR count). The Hall–Kier alpha value is -2.02. The lowest BCUT2D eigenvalue weighted by Crippen LogP contribution is -2.34. The van der Waals surface area contributed by atoms with Gasteiger partial charge in [0, 0.05) is 18.7 Å². The Morgan fingerprint density at radius 3 is 2.88 bits per heavy atom. The van der Waals surface area contributed by atoms with Crippen molar-refractivity contribution < 1.29 is 14.5 Å². The van der Waals surface area contributed by atoms with Crippen LogP contribution in [-0.2, 0) is 16.0 Å². The van der Waals surface area contributed by atoms with Gasteiger partial charge in [-0.15, -0.1) is 0 Å². The number of nitrogens with zero attached hydrogens (tertiary/aromatic N) is 2. The van der Waals surface area contributed by atoms with Crippen LogP contribution in [0.5, 0.6) is 0 Å². The fourth-order valence-corrected chi connectivity index (χ4v) is 1.34. The minimum Gasteiger partial charge on any atom is -0.468 e. The maximum absolute atomic E-state index is 11.1. The van der Waals surface area contributed by atoms with E-state index in [0.29, 0.717) is 5.56 Å². The Labute approximate surface area is 97.7 Å². The molecule has 1 aromatic heterocycles. The Kier molecular flexibility index (Phi) is 4.11. The predicted molar refractivity (Wildman–Crippen MR) is 59.3 cm³/mol. The molecule has 0 saturated carbocycles. The summed E-state index contributed by atoms with van der Waals surface area (Å²) in [5, 5.41) is 10.8. The molecule has 0 fully saturated rings. The van der Waals surface area contributed by atoms with Crippen molar-refractivity contribution in [2.24, 2.45) is 5.73 Å². The van der Waals surface area contributed by atoms with E-state index in [1.54, 1.807) is 6.92 Å². The van der Waals surface area contributed by atoms with Gasteiger partial charge >= 0.3 is 5.97 Å². The van der Waals surface area contributed by atoms with Crippen molar-refractivity contribution in [3.8, 4) is 0 Å². The van der Waals surface area contributed by atoms with Crippen molar-refractivity contribution in [3.05, 3.63) is 33.6 Å². The minimum absolute atomic E-state index is 0.0245. The smallest absolute Gasteiger partial charge is 0.323 e. The van der Waals surface area contributed by atoms with Crippen molar-refractivity contribution >= 4 is 11.7 Å². The number of nitrogens with two attached hydrogens (primary N) is 1. The van der Waals surface area contributed by atoms with Crippen LogP contribution in [0.15, 0.2) is 12.3 Å². The minimum atomic E-state index is -0.950. The van der Waals surface area contributed by atoms with Gasteiger partial charge in [0.1, 0.15) is 11.7 Å². The molecule has 7 nitrogen and oxygen atoms in total. The van der Waals surface area contributed by atoms with Crippen LogP contribution < -0.4 is 5.73 Å². The molecular weight excluding hydrogens is 226 g/mol. The highest BCUT2D eigenvalue weighted by Crippen LogP contribution is 2.18. The van der Waals surface area contributed by atoms with E-state index in [9.17, 15) is 14.9 Å². The summed E-state index contributed by atoms with van der Waals surface area (Å²) in [7, 11) is 1.21. The van der Waals surface area contributed by atoms with E-state index in [2.05, 4.69) is 9.72 Å². The lowest BCUT2D eigenvalue weighted by molar-refractivity contribution is -0.386. The maximum atomic E-state index is 11.1. The summed E-state index contributed by atoms with van der Waals surface area (Å²) in [6, 6.07) is 0.445. The predicted octanol–water partition coefficient (Wildman–Crippen LogP) is 0.341. The zero-order chi connectivity index (χ0) is 13.0. The van der Waals surface area contributed by atoms with Gasteiger partial charge in [-0.2, -0.15) is 0 Å². The quantitative estimate of drug-likeness (QED) is 0.461. The molecule has 0 aliphatic carbocycles. The molecule has 0 radical (unpaired) electrons. The molecule has 0 aromatic carbocycles. The SMILES string of the molecule is COC(=O)[C@H](N)Cc1ncc(C)cc1[N+](=O)[O-]. The van der Waals surface area contributed by atoms with Gasteiger partial charge in [0.2, 0.25) is 0 Å². The van der Waals surface area contributed by atoms with Gasteiger partial charge in [-0.3, -0.25) is 19.9 Å². The molecule has 0 spiro atoms. The second-order valence-corrected chi connectivity index (χ2v) is 3.57. The first-order chi connectivity index (χ1) is 7.95. The number of aryl methyl sites for hydroxylation is 1. The van der Waals surface area contributed by atoms with Gasteiger partial charge in [0.25, 0.3) is 5.69 Å². The average molecular weight is 239 g/mol. The highest BCUT2D eigenvalue weighted by molar-refractivity contribution is 5.75. The molecule has 0 amide bonds. The summed E-state index contributed by atoms with van der Waals surface area (Å²) in [5.74, 6) is -0.623. The van der Waals surface area contributed by atoms with E-state index in [1.165, 1.54) is 19.4 Å². The van der Waals surface area contributed by atoms with Crippen molar-refractivity contribution in [2.45, 2.75) is 19.4 Å². The highest BCUT2D eigenvalue weighted by atomic mass is 16.6. The number of carbonyl (C=O) groups is 1. The molecule has 0 aliphatic rings. The largest absolute Gasteiger partial charge is 0.468 e. The number of pyridine rings is 1.